The molecule has 3 rings (SSSR count). The van der Waals surface area contributed by atoms with Crippen molar-refractivity contribution in [2.24, 2.45) is 0 Å². The molecule has 2 aliphatic rings. The Balaban J connectivity index is 1.80. The van der Waals surface area contributed by atoms with Crippen molar-refractivity contribution < 1.29 is 4.79 Å². The Hall–Kier alpha value is -1.58. The number of pyridine rings is 1. The first-order valence-corrected chi connectivity index (χ1v) is 8.30. The fourth-order valence-corrected chi connectivity index (χ4v) is 3.57. The number of nitrogens with zero attached hydrogens (tertiary/aromatic N) is 3. The lowest BCUT2D eigenvalue weighted by Gasteiger charge is -2.37. The Morgan fingerprint density at radius 3 is 2.71 bits per heavy atom. The van der Waals surface area contributed by atoms with E-state index >= 15 is 0 Å². The monoisotopic (exact) mass is 287 g/mol. The van der Waals surface area contributed by atoms with E-state index in [2.05, 4.69) is 16.8 Å². The molecule has 1 aromatic heterocycles. The third kappa shape index (κ3) is 3.04. The van der Waals surface area contributed by atoms with E-state index in [1.165, 1.54) is 19.3 Å². The summed E-state index contributed by atoms with van der Waals surface area (Å²) >= 11 is 0. The summed E-state index contributed by atoms with van der Waals surface area (Å²) in [4.78, 5) is 21.2. The van der Waals surface area contributed by atoms with Gasteiger partial charge in [0.2, 0.25) is 0 Å². The molecule has 2 fully saturated rings. The Labute approximate surface area is 127 Å². The number of piperidine rings is 1. The van der Waals surface area contributed by atoms with Crippen LogP contribution in [0.5, 0.6) is 0 Å². The van der Waals surface area contributed by atoms with Gasteiger partial charge in [-0.05, 0) is 44.6 Å². The van der Waals surface area contributed by atoms with Gasteiger partial charge in [0.1, 0.15) is 0 Å². The molecule has 114 valence electrons. The van der Waals surface area contributed by atoms with E-state index in [1.54, 1.807) is 6.20 Å². The molecule has 0 bridgehead atoms. The topological polar surface area (TPSA) is 36.4 Å². The maximum absolute atomic E-state index is 12.5. The summed E-state index contributed by atoms with van der Waals surface area (Å²) in [6.45, 7) is 5.12. The van der Waals surface area contributed by atoms with Crippen molar-refractivity contribution in [3.05, 3.63) is 24.0 Å². The predicted molar refractivity (Wildman–Crippen MR) is 84.7 cm³/mol. The molecule has 0 spiro atoms. The van der Waals surface area contributed by atoms with Gasteiger partial charge in [-0.3, -0.25) is 9.78 Å². The number of carbonyl (C=O) groups is 1. The molecule has 3 heterocycles. The van der Waals surface area contributed by atoms with Crippen LogP contribution in [0.4, 0.5) is 5.69 Å². The molecule has 0 saturated carbocycles. The first-order valence-electron chi connectivity index (χ1n) is 8.30. The van der Waals surface area contributed by atoms with Crippen molar-refractivity contribution in [1.82, 2.24) is 9.88 Å². The Bertz CT molecular complexity index is 497. The number of carbonyl (C=O) groups excluding carboxylic acids is 1. The van der Waals surface area contributed by atoms with Crippen LogP contribution >= 0.6 is 0 Å². The second-order valence-corrected chi connectivity index (χ2v) is 6.18. The van der Waals surface area contributed by atoms with Crippen molar-refractivity contribution in [3.8, 4) is 0 Å². The second-order valence-electron chi connectivity index (χ2n) is 6.18. The molecule has 1 amide bonds. The van der Waals surface area contributed by atoms with Crippen molar-refractivity contribution in [2.75, 3.05) is 24.5 Å². The quantitative estimate of drug-likeness (QED) is 0.857. The van der Waals surface area contributed by atoms with Gasteiger partial charge in [-0.15, -0.1) is 0 Å². The molecule has 4 nitrogen and oxygen atoms in total. The number of rotatable bonds is 3. The van der Waals surface area contributed by atoms with E-state index in [-0.39, 0.29) is 5.91 Å². The average Bonchev–Trinajstić information content (AvgIpc) is 3.08. The van der Waals surface area contributed by atoms with Crippen molar-refractivity contribution in [3.63, 3.8) is 0 Å². The summed E-state index contributed by atoms with van der Waals surface area (Å²) < 4.78 is 0. The number of likely N-dealkylation sites (tertiary alicyclic amines) is 1. The first-order chi connectivity index (χ1) is 10.3. The summed E-state index contributed by atoms with van der Waals surface area (Å²) in [7, 11) is 0. The average molecular weight is 287 g/mol. The zero-order valence-corrected chi connectivity index (χ0v) is 12.9. The third-order valence-corrected chi connectivity index (χ3v) is 4.79. The minimum Gasteiger partial charge on any atom is -0.367 e. The molecule has 0 N–H and O–H groups in total. The second kappa shape index (κ2) is 6.46. The molecule has 0 radical (unpaired) electrons. The number of amides is 1. The maximum Gasteiger partial charge on any atom is 0.255 e. The Morgan fingerprint density at radius 2 is 1.95 bits per heavy atom. The van der Waals surface area contributed by atoms with Gasteiger partial charge in [0.15, 0.2) is 0 Å². The minimum atomic E-state index is 0.145. The van der Waals surface area contributed by atoms with Crippen LogP contribution < -0.4 is 4.90 Å². The summed E-state index contributed by atoms with van der Waals surface area (Å²) in [5, 5.41) is 0. The normalized spacial score (nSPS) is 22.6. The fourth-order valence-electron chi connectivity index (χ4n) is 3.57. The molecule has 2 saturated heterocycles. The van der Waals surface area contributed by atoms with E-state index in [0.717, 1.165) is 50.1 Å². The van der Waals surface area contributed by atoms with Crippen LogP contribution in [-0.4, -0.2) is 41.5 Å². The van der Waals surface area contributed by atoms with Gasteiger partial charge in [-0.2, -0.15) is 0 Å². The first kappa shape index (κ1) is 14.4. The van der Waals surface area contributed by atoms with Gasteiger partial charge in [-0.25, -0.2) is 0 Å². The summed E-state index contributed by atoms with van der Waals surface area (Å²) in [5.41, 5.74) is 1.86. The molecule has 1 aromatic rings. The highest BCUT2D eigenvalue weighted by Crippen LogP contribution is 2.27. The van der Waals surface area contributed by atoms with Crippen molar-refractivity contribution in [2.45, 2.75) is 51.5 Å². The van der Waals surface area contributed by atoms with E-state index in [4.69, 9.17) is 0 Å². The van der Waals surface area contributed by atoms with Crippen LogP contribution in [-0.2, 0) is 0 Å². The molecule has 21 heavy (non-hydrogen) atoms. The summed E-state index contributed by atoms with van der Waals surface area (Å²) in [6, 6.07) is 2.64. The van der Waals surface area contributed by atoms with Crippen LogP contribution in [0.2, 0.25) is 0 Å². The largest absolute Gasteiger partial charge is 0.367 e. The molecule has 4 heteroatoms. The highest BCUT2D eigenvalue weighted by atomic mass is 16.2. The van der Waals surface area contributed by atoms with Gasteiger partial charge in [0, 0.05) is 31.9 Å². The van der Waals surface area contributed by atoms with Crippen LogP contribution in [0.15, 0.2) is 18.5 Å². The lowest BCUT2D eigenvalue weighted by Crippen LogP contribution is -2.39. The van der Waals surface area contributed by atoms with Gasteiger partial charge in [0.25, 0.3) is 5.91 Å². The molecule has 1 atom stereocenters. The Kier molecular flexibility index (Phi) is 4.42. The number of hydrogen-bond acceptors (Lipinski definition) is 3. The SMILES string of the molecule is CCC1CCCCN1c1cncc(C(=O)N2CCCC2)c1. The number of anilines is 1. The molecular weight excluding hydrogens is 262 g/mol. The number of hydrogen-bond donors (Lipinski definition) is 0. The molecular formula is C17H25N3O. The van der Waals surface area contributed by atoms with Crippen LogP contribution in [0.25, 0.3) is 0 Å². The minimum absolute atomic E-state index is 0.145. The van der Waals surface area contributed by atoms with Gasteiger partial charge < -0.3 is 9.80 Å². The van der Waals surface area contributed by atoms with Gasteiger partial charge >= 0.3 is 0 Å². The van der Waals surface area contributed by atoms with Gasteiger partial charge in [0.05, 0.1) is 17.4 Å². The fraction of sp³-hybridized carbons (Fsp3) is 0.647. The van der Waals surface area contributed by atoms with E-state index < -0.39 is 0 Å². The summed E-state index contributed by atoms with van der Waals surface area (Å²) in [6.07, 6.45) is 10.8. The maximum atomic E-state index is 12.5. The van der Waals surface area contributed by atoms with E-state index in [9.17, 15) is 4.79 Å². The lowest BCUT2D eigenvalue weighted by molar-refractivity contribution is 0.0792. The van der Waals surface area contributed by atoms with E-state index in [0.29, 0.717) is 6.04 Å². The van der Waals surface area contributed by atoms with Crippen molar-refractivity contribution >= 4 is 11.6 Å². The standard InChI is InChI=1S/C17H25N3O/c1-2-15-7-3-4-10-20(15)16-11-14(12-18-13-16)17(21)19-8-5-6-9-19/h11-13,15H,2-10H2,1H3. The molecule has 0 aliphatic carbocycles. The van der Waals surface area contributed by atoms with Crippen LogP contribution in [0.1, 0.15) is 55.8 Å². The van der Waals surface area contributed by atoms with E-state index in [1.807, 2.05) is 17.2 Å². The Morgan fingerprint density at radius 1 is 1.19 bits per heavy atom. The van der Waals surface area contributed by atoms with Crippen LogP contribution in [0, 0.1) is 0 Å². The summed E-state index contributed by atoms with van der Waals surface area (Å²) in [5.74, 6) is 0.145. The highest BCUT2D eigenvalue weighted by molar-refractivity contribution is 5.95. The molecule has 2 aliphatic heterocycles. The van der Waals surface area contributed by atoms with Crippen molar-refractivity contribution in [1.29, 1.82) is 0 Å². The third-order valence-electron chi connectivity index (χ3n) is 4.79. The predicted octanol–water partition coefficient (Wildman–Crippen LogP) is 3.09. The number of aromatic nitrogens is 1. The smallest absolute Gasteiger partial charge is 0.255 e. The highest BCUT2D eigenvalue weighted by Gasteiger charge is 2.24. The van der Waals surface area contributed by atoms with Crippen LogP contribution in [0.3, 0.4) is 0 Å². The molecule has 1 unspecified atom stereocenters. The molecule has 0 aromatic carbocycles. The lowest BCUT2D eigenvalue weighted by atomic mass is 9.99. The zero-order chi connectivity index (χ0) is 14.7. The zero-order valence-electron chi connectivity index (χ0n) is 12.9. The van der Waals surface area contributed by atoms with Gasteiger partial charge in [-0.1, -0.05) is 6.92 Å².